The van der Waals surface area contributed by atoms with E-state index in [1.165, 1.54) is 0 Å². The number of carbonyl (C=O) groups is 1. The Hall–Kier alpha value is -3.07. The van der Waals surface area contributed by atoms with E-state index in [1.807, 2.05) is 78.9 Å². The summed E-state index contributed by atoms with van der Waals surface area (Å²) in [5.74, 6) is 0.741. The summed E-state index contributed by atoms with van der Waals surface area (Å²) < 4.78 is 5.46. The maximum absolute atomic E-state index is 12.3. The van der Waals surface area contributed by atoms with Gasteiger partial charge in [-0.15, -0.1) is 0 Å². The molecule has 0 aliphatic heterocycles. The number of hydrogen-bond acceptors (Lipinski definition) is 2. The van der Waals surface area contributed by atoms with E-state index in [9.17, 15) is 4.79 Å². The predicted octanol–water partition coefficient (Wildman–Crippen LogP) is 4.29. The lowest BCUT2D eigenvalue weighted by Crippen LogP contribution is -2.23. The smallest absolute Gasteiger partial charge is 0.251 e. The molecule has 3 aromatic rings. The van der Waals surface area contributed by atoms with Crippen molar-refractivity contribution in [3.63, 3.8) is 0 Å². The van der Waals surface area contributed by atoms with Crippen LogP contribution in [-0.2, 0) is 6.54 Å². The highest BCUT2D eigenvalue weighted by atomic mass is 16.5. The van der Waals surface area contributed by atoms with Gasteiger partial charge in [-0.25, -0.2) is 0 Å². The Morgan fingerprint density at radius 1 is 0.833 bits per heavy atom. The Bertz CT molecular complexity index is 828. The van der Waals surface area contributed by atoms with Crippen molar-refractivity contribution in [1.82, 2.24) is 5.32 Å². The van der Waals surface area contributed by atoms with Gasteiger partial charge < -0.3 is 10.1 Å². The lowest BCUT2D eigenvalue weighted by molar-refractivity contribution is 0.0951. The first-order valence-corrected chi connectivity index (χ1v) is 7.84. The molecule has 24 heavy (non-hydrogen) atoms. The molecule has 3 heteroatoms. The van der Waals surface area contributed by atoms with Crippen molar-refractivity contribution >= 4 is 5.91 Å². The van der Waals surface area contributed by atoms with Crippen molar-refractivity contribution in [2.75, 3.05) is 7.11 Å². The lowest BCUT2D eigenvalue weighted by atomic mass is 9.98. The fourth-order valence-corrected chi connectivity index (χ4v) is 2.67. The van der Waals surface area contributed by atoms with Crippen molar-refractivity contribution in [2.45, 2.75) is 6.54 Å². The fraction of sp³-hybridized carbons (Fsp3) is 0.0952. The number of nitrogens with one attached hydrogen (secondary N) is 1. The highest BCUT2D eigenvalue weighted by molar-refractivity contribution is 5.94. The molecule has 0 aliphatic rings. The minimum absolute atomic E-state index is 0.0783. The summed E-state index contributed by atoms with van der Waals surface area (Å²) in [6.45, 7) is 0.460. The zero-order valence-corrected chi connectivity index (χ0v) is 13.5. The van der Waals surface area contributed by atoms with Crippen molar-refractivity contribution < 1.29 is 9.53 Å². The van der Waals surface area contributed by atoms with E-state index in [4.69, 9.17) is 4.74 Å². The quantitative estimate of drug-likeness (QED) is 0.762. The largest absolute Gasteiger partial charge is 0.496 e. The average molecular weight is 317 g/mol. The standard InChI is InChI=1S/C21H19NO2/c1-24-20-14-8-7-13-19(20)18-12-6-5-11-17(18)15-22-21(23)16-9-3-2-4-10-16/h2-14H,15H2,1H3,(H,22,23). The summed E-state index contributed by atoms with van der Waals surface area (Å²) in [7, 11) is 1.67. The lowest BCUT2D eigenvalue weighted by Gasteiger charge is -2.13. The van der Waals surface area contributed by atoms with Gasteiger partial charge in [0.2, 0.25) is 0 Å². The van der Waals surface area contributed by atoms with E-state index in [0.717, 1.165) is 22.4 Å². The van der Waals surface area contributed by atoms with Crippen LogP contribution in [0.3, 0.4) is 0 Å². The fourth-order valence-electron chi connectivity index (χ4n) is 2.67. The second-order valence-corrected chi connectivity index (χ2v) is 5.41. The van der Waals surface area contributed by atoms with E-state index in [-0.39, 0.29) is 5.91 Å². The molecule has 3 rings (SSSR count). The molecule has 0 aliphatic carbocycles. The third-order valence-electron chi connectivity index (χ3n) is 3.89. The minimum atomic E-state index is -0.0783. The monoisotopic (exact) mass is 317 g/mol. The van der Waals surface area contributed by atoms with E-state index >= 15 is 0 Å². The maximum Gasteiger partial charge on any atom is 0.251 e. The number of hydrogen-bond donors (Lipinski definition) is 1. The van der Waals surface area contributed by atoms with Gasteiger partial charge in [0.25, 0.3) is 5.91 Å². The summed E-state index contributed by atoms with van der Waals surface area (Å²) >= 11 is 0. The minimum Gasteiger partial charge on any atom is -0.496 e. The van der Waals surface area contributed by atoms with Crippen molar-refractivity contribution in [3.8, 4) is 16.9 Å². The Morgan fingerprint density at radius 3 is 2.21 bits per heavy atom. The van der Waals surface area contributed by atoms with E-state index < -0.39 is 0 Å². The van der Waals surface area contributed by atoms with Gasteiger partial charge in [0.15, 0.2) is 0 Å². The van der Waals surface area contributed by atoms with Crippen LogP contribution < -0.4 is 10.1 Å². The molecule has 0 aromatic heterocycles. The number of para-hydroxylation sites is 1. The van der Waals surface area contributed by atoms with E-state index in [2.05, 4.69) is 5.32 Å². The molecular formula is C21H19NO2. The molecule has 120 valence electrons. The summed E-state index contributed by atoms with van der Waals surface area (Å²) in [6.07, 6.45) is 0. The van der Waals surface area contributed by atoms with Crippen LogP contribution in [-0.4, -0.2) is 13.0 Å². The van der Waals surface area contributed by atoms with Crippen LogP contribution in [0.2, 0.25) is 0 Å². The summed E-state index contributed by atoms with van der Waals surface area (Å²) in [4.78, 5) is 12.3. The van der Waals surface area contributed by atoms with Crippen LogP contribution in [0.25, 0.3) is 11.1 Å². The zero-order valence-electron chi connectivity index (χ0n) is 13.5. The van der Waals surface area contributed by atoms with Gasteiger partial charge in [0.05, 0.1) is 7.11 Å². The molecule has 3 nitrogen and oxygen atoms in total. The second-order valence-electron chi connectivity index (χ2n) is 5.41. The predicted molar refractivity (Wildman–Crippen MR) is 96.0 cm³/mol. The van der Waals surface area contributed by atoms with Crippen molar-refractivity contribution in [1.29, 1.82) is 0 Å². The maximum atomic E-state index is 12.3. The van der Waals surface area contributed by atoms with Crippen LogP contribution >= 0.6 is 0 Å². The molecular weight excluding hydrogens is 298 g/mol. The second kappa shape index (κ2) is 7.47. The number of ether oxygens (including phenoxy) is 1. The molecule has 0 spiro atoms. The summed E-state index contributed by atoms with van der Waals surface area (Å²) in [6, 6.07) is 25.2. The Morgan fingerprint density at radius 2 is 1.46 bits per heavy atom. The van der Waals surface area contributed by atoms with Crippen molar-refractivity contribution in [2.24, 2.45) is 0 Å². The molecule has 0 atom stereocenters. The van der Waals surface area contributed by atoms with Crippen LogP contribution in [0, 0.1) is 0 Å². The number of carbonyl (C=O) groups excluding carboxylic acids is 1. The number of amides is 1. The van der Waals surface area contributed by atoms with Crippen LogP contribution in [0.5, 0.6) is 5.75 Å². The Balaban J connectivity index is 1.84. The topological polar surface area (TPSA) is 38.3 Å². The molecule has 0 radical (unpaired) electrons. The van der Waals surface area contributed by atoms with Crippen molar-refractivity contribution in [3.05, 3.63) is 90.0 Å². The van der Waals surface area contributed by atoms with Crippen LogP contribution in [0.15, 0.2) is 78.9 Å². The van der Waals surface area contributed by atoms with E-state index in [0.29, 0.717) is 12.1 Å². The first kappa shape index (κ1) is 15.8. The molecule has 0 saturated heterocycles. The Labute approximate surface area is 141 Å². The molecule has 0 saturated carbocycles. The molecule has 0 fully saturated rings. The highest BCUT2D eigenvalue weighted by Crippen LogP contribution is 2.31. The zero-order chi connectivity index (χ0) is 16.8. The Kier molecular flexibility index (Phi) is 4.92. The summed E-state index contributed by atoms with van der Waals surface area (Å²) in [5.41, 5.74) is 3.78. The molecule has 1 amide bonds. The molecule has 3 aromatic carbocycles. The van der Waals surface area contributed by atoms with Gasteiger partial charge in [-0.3, -0.25) is 4.79 Å². The first-order chi connectivity index (χ1) is 11.8. The SMILES string of the molecule is COc1ccccc1-c1ccccc1CNC(=O)c1ccccc1. The molecule has 0 heterocycles. The molecule has 0 unspecified atom stereocenters. The highest BCUT2D eigenvalue weighted by Gasteiger charge is 2.11. The van der Waals surface area contributed by atoms with Gasteiger partial charge in [0, 0.05) is 17.7 Å². The van der Waals surface area contributed by atoms with Gasteiger partial charge in [-0.1, -0.05) is 60.7 Å². The van der Waals surface area contributed by atoms with E-state index in [1.54, 1.807) is 7.11 Å². The number of benzene rings is 3. The van der Waals surface area contributed by atoms with Gasteiger partial charge >= 0.3 is 0 Å². The normalized spacial score (nSPS) is 10.2. The van der Waals surface area contributed by atoms with Gasteiger partial charge in [0.1, 0.15) is 5.75 Å². The molecule has 1 N–H and O–H groups in total. The van der Waals surface area contributed by atoms with Gasteiger partial charge in [-0.2, -0.15) is 0 Å². The third kappa shape index (κ3) is 3.46. The average Bonchev–Trinajstić information content (AvgIpc) is 2.67. The first-order valence-electron chi connectivity index (χ1n) is 7.84. The third-order valence-corrected chi connectivity index (χ3v) is 3.89. The van der Waals surface area contributed by atoms with Crippen LogP contribution in [0.4, 0.5) is 0 Å². The molecule has 0 bridgehead atoms. The number of rotatable bonds is 5. The van der Waals surface area contributed by atoms with Gasteiger partial charge in [-0.05, 0) is 29.3 Å². The van der Waals surface area contributed by atoms with Crippen LogP contribution in [0.1, 0.15) is 15.9 Å². The number of methoxy groups -OCH3 is 1. The summed E-state index contributed by atoms with van der Waals surface area (Å²) in [5, 5.41) is 2.98.